The van der Waals surface area contributed by atoms with E-state index in [1.807, 2.05) is 6.92 Å². The van der Waals surface area contributed by atoms with Gasteiger partial charge in [-0.25, -0.2) is 4.90 Å². The lowest BCUT2D eigenvalue weighted by molar-refractivity contribution is -0.120. The molecule has 21 heavy (non-hydrogen) atoms. The summed E-state index contributed by atoms with van der Waals surface area (Å²) in [5, 5.41) is 9.18. The summed E-state index contributed by atoms with van der Waals surface area (Å²) in [6.45, 7) is 1.83. The number of thioether (sulfide) groups is 1. The van der Waals surface area contributed by atoms with Gasteiger partial charge in [-0.15, -0.1) is 10.2 Å². The molecule has 0 spiro atoms. The van der Waals surface area contributed by atoms with Crippen LogP contribution in [-0.2, 0) is 9.59 Å². The first kappa shape index (κ1) is 14.2. The fourth-order valence-electron chi connectivity index (χ4n) is 1.77. The second-order valence-corrected chi connectivity index (χ2v) is 7.06. The van der Waals surface area contributed by atoms with E-state index in [4.69, 9.17) is 11.6 Å². The molecule has 2 heterocycles. The molecule has 5 nitrogen and oxygen atoms in total. The molecule has 106 valence electrons. The van der Waals surface area contributed by atoms with Crippen LogP contribution in [0.1, 0.15) is 5.01 Å². The van der Waals surface area contributed by atoms with Crippen molar-refractivity contribution < 1.29 is 9.59 Å². The van der Waals surface area contributed by atoms with Gasteiger partial charge in [0, 0.05) is 11.1 Å². The summed E-state index contributed by atoms with van der Waals surface area (Å²) >= 11 is 8.34. The number of aromatic nitrogens is 2. The maximum Gasteiger partial charge on any atom is 0.272 e. The van der Waals surface area contributed by atoms with E-state index >= 15 is 0 Å². The van der Waals surface area contributed by atoms with Crippen molar-refractivity contribution in [3.63, 3.8) is 0 Å². The molecule has 0 fully saturated rings. The molecule has 0 unspecified atom stereocenters. The standard InChI is InChI=1S/C13H8ClN3O2S2/c1-7-15-16-13(20-7)21-10-6-11(18)17(12(10)19)9-4-2-8(14)3-5-9/h2-6H,1H3. The van der Waals surface area contributed by atoms with Crippen molar-refractivity contribution in [3.05, 3.63) is 45.3 Å². The Morgan fingerprint density at radius 3 is 2.52 bits per heavy atom. The lowest BCUT2D eigenvalue weighted by Crippen LogP contribution is -2.30. The smallest absolute Gasteiger partial charge is 0.269 e. The number of amides is 2. The number of benzene rings is 1. The number of carbonyl (C=O) groups is 2. The molecule has 0 bridgehead atoms. The fourth-order valence-corrected chi connectivity index (χ4v) is 3.72. The number of rotatable bonds is 3. The second kappa shape index (κ2) is 5.59. The summed E-state index contributed by atoms with van der Waals surface area (Å²) in [5.41, 5.74) is 0.495. The van der Waals surface area contributed by atoms with Gasteiger partial charge in [0.05, 0.1) is 10.6 Å². The summed E-state index contributed by atoms with van der Waals surface area (Å²) in [7, 11) is 0. The molecule has 0 saturated carbocycles. The number of hydrogen-bond donors (Lipinski definition) is 0. The third-order valence-corrected chi connectivity index (χ3v) is 4.83. The van der Waals surface area contributed by atoms with Gasteiger partial charge in [0.25, 0.3) is 11.8 Å². The van der Waals surface area contributed by atoms with Crippen LogP contribution in [0, 0.1) is 6.92 Å². The van der Waals surface area contributed by atoms with Crippen LogP contribution in [0.2, 0.25) is 5.02 Å². The highest BCUT2D eigenvalue weighted by atomic mass is 35.5. The molecule has 1 aliphatic rings. The molecule has 0 aliphatic carbocycles. The maximum atomic E-state index is 12.4. The summed E-state index contributed by atoms with van der Waals surface area (Å²) in [6.07, 6.45) is 1.32. The average molecular weight is 338 g/mol. The van der Waals surface area contributed by atoms with Crippen LogP contribution in [0.25, 0.3) is 0 Å². The molecule has 2 amide bonds. The third-order valence-electron chi connectivity index (χ3n) is 2.68. The molecule has 0 saturated heterocycles. The van der Waals surface area contributed by atoms with E-state index in [2.05, 4.69) is 10.2 Å². The van der Waals surface area contributed by atoms with Crippen LogP contribution in [0.4, 0.5) is 5.69 Å². The monoisotopic (exact) mass is 337 g/mol. The van der Waals surface area contributed by atoms with Crippen LogP contribution in [0.3, 0.4) is 0 Å². The number of imide groups is 1. The fraction of sp³-hybridized carbons (Fsp3) is 0.0769. The molecule has 0 radical (unpaired) electrons. The predicted molar refractivity (Wildman–Crippen MR) is 82.5 cm³/mol. The first-order chi connectivity index (χ1) is 10.0. The topological polar surface area (TPSA) is 63.2 Å². The third kappa shape index (κ3) is 2.85. The molecular weight excluding hydrogens is 330 g/mol. The van der Waals surface area contributed by atoms with E-state index < -0.39 is 0 Å². The van der Waals surface area contributed by atoms with Crippen LogP contribution < -0.4 is 4.90 Å². The van der Waals surface area contributed by atoms with E-state index in [9.17, 15) is 9.59 Å². The van der Waals surface area contributed by atoms with Crippen molar-refractivity contribution in [1.29, 1.82) is 0 Å². The maximum absolute atomic E-state index is 12.4. The number of anilines is 1. The zero-order valence-corrected chi connectivity index (χ0v) is 13.1. The van der Waals surface area contributed by atoms with Gasteiger partial charge in [-0.1, -0.05) is 34.7 Å². The molecule has 1 aromatic carbocycles. The minimum Gasteiger partial charge on any atom is -0.269 e. The number of carbonyl (C=O) groups excluding carboxylic acids is 2. The van der Waals surface area contributed by atoms with Gasteiger partial charge in [0.2, 0.25) is 0 Å². The lowest BCUT2D eigenvalue weighted by Gasteiger charge is -2.14. The normalized spacial score (nSPS) is 14.8. The lowest BCUT2D eigenvalue weighted by atomic mass is 10.3. The van der Waals surface area contributed by atoms with Crippen LogP contribution >= 0.6 is 34.7 Å². The Bertz CT molecular complexity index is 755. The van der Waals surface area contributed by atoms with Gasteiger partial charge in [-0.2, -0.15) is 0 Å². The van der Waals surface area contributed by atoms with Crippen molar-refractivity contribution in [2.75, 3.05) is 4.90 Å². The Hall–Kier alpha value is -1.70. The highest BCUT2D eigenvalue weighted by Gasteiger charge is 2.33. The van der Waals surface area contributed by atoms with Gasteiger partial charge >= 0.3 is 0 Å². The van der Waals surface area contributed by atoms with Gasteiger partial charge in [0.15, 0.2) is 4.34 Å². The van der Waals surface area contributed by atoms with Gasteiger partial charge in [-0.3, -0.25) is 9.59 Å². The van der Waals surface area contributed by atoms with E-state index in [1.54, 1.807) is 24.3 Å². The van der Waals surface area contributed by atoms with Crippen LogP contribution in [0.5, 0.6) is 0 Å². The van der Waals surface area contributed by atoms with Crippen molar-refractivity contribution >= 4 is 52.2 Å². The molecule has 1 aromatic heterocycles. The number of hydrogen-bond acceptors (Lipinski definition) is 6. The summed E-state index contributed by atoms with van der Waals surface area (Å²) in [4.78, 5) is 25.8. The Morgan fingerprint density at radius 1 is 1.19 bits per heavy atom. The molecule has 1 aliphatic heterocycles. The minimum absolute atomic E-state index is 0.339. The van der Waals surface area contributed by atoms with Gasteiger partial charge < -0.3 is 0 Å². The average Bonchev–Trinajstić information content (AvgIpc) is 2.96. The first-order valence-corrected chi connectivity index (χ1v) is 7.89. The van der Waals surface area contributed by atoms with Crippen molar-refractivity contribution in [2.24, 2.45) is 0 Å². The molecule has 0 atom stereocenters. The van der Waals surface area contributed by atoms with E-state index in [0.29, 0.717) is 20.0 Å². The molecule has 3 rings (SSSR count). The Kier molecular flexibility index (Phi) is 3.79. The Labute approximate surface area is 133 Å². The van der Waals surface area contributed by atoms with Crippen LogP contribution in [0.15, 0.2) is 39.6 Å². The first-order valence-electron chi connectivity index (χ1n) is 5.88. The summed E-state index contributed by atoms with van der Waals surface area (Å²) in [5.74, 6) is -0.730. The van der Waals surface area contributed by atoms with Gasteiger partial charge in [0.1, 0.15) is 5.01 Å². The SMILES string of the molecule is Cc1nnc(SC2=CC(=O)N(c3ccc(Cl)cc3)C2=O)s1. The van der Waals surface area contributed by atoms with Crippen molar-refractivity contribution in [2.45, 2.75) is 11.3 Å². The quantitative estimate of drug-likeness (QED) is 0.805. The Balaban J connectivity index is 1.83. The number of nitrogens with zero attached hydrogens (tertiary/aromatic N) is 3. The molecule has 0 N–H and O–H groups in total. The highest BCUT2D eigenvalue weighted by Crippen LogP contribution is 2.35. The largest absolute Gasteiger partial charge is 0.272 e. The van der Waals surface area contributed by atoms with Gasteiger partial charge in [-0.05, 0) is 31.2 Å². The van der Waals surface area contributed by atoms with Crippen molar-refractivity contribution in [3.8, 4) is 0 Å². The molecular formula is C13H8ClN3O2S2. The zero-order valence-electron chi connectivity index (χ0n) is 10.7. The minimum atomic E-state index is -0.369. The molecule has 8 heteroatoms. The number of aryl methyl sites for hydroxylation is 1. The molecule has 2 aromatic rings. The summed E-state index contributed by atoms with van der Waals surface area (Å²) in [6, 6.07) is 6.54. The van der Waals surface area contributed by atoms with E-state index in [0.717, 1.165) is 21.7 Å². The summed E-state index contributed by atoms with van der Waals surface area (Å²) < 4.78 is 0.637. The van der Waals surface area contributed by atoms with E-state index in [-0.39, 0.29) is 11.8 Å². The second-order valence-electron chi connectivity index (χ2n) is 4.15. The number of halogens is 1. The zero-order chi connectivity index (χ0) is 15.0. The predicted octanol–water partition coefficient (Wildman–Crippen LogP) is 3.05. The van der Waals surface area contributed by atoms with Crippen LogP contribution in [-0.4, -0.2) is 22.0 Å². The Morgan fingerprint density at radius 2 is 1.90 bits per heavy atom. The van der Waals surface area contributed by atoms with Crippen molar-refractivity contribution in [1.82, 2.24) is 10.2 Å². The highest BCUT2D eigenvalue weighted by molar-refractivity contribution is 8.05. The van der Waals surface area contributed by atoms with E-state index in [1.165, 1.54) is 17.4 Å².